The fourth-order valence-corrected chi connectivity index (χ4v) is 3.83. The van der Waals surface area contributed by atoms with Gasteiger partial charge in [0.05, 0.1) is 29.7 Å². The number of alkyl halides is 3. The highest BCUT2D eigenvalue weighted by atomic mass is 19.4. The number of rotatable bonds is 5. The molecule has 12 heteroatoms. The Morgan fingerprint density at radius 3 is 2.71 bits per heavy atom. The van der Waals surface area contributed by atoms with Gasteiger partial charge in [-0.05, 0) is 42.7 Å². The van der Waals surface area contributed by atoms with Crippen molar-refractivity contribution in [2.24, 2.45) is 0 Å². The third-order valence-corrected chi connectivity index (χ3v) is 5.45. The van der Waals surface area contributed by atoms with E-state index in [4.69, 9.17) is 10.5 Å². The Labute approximate surface area is 192 Å². The van der Waals surface area contributed by atoms with Crippen LogP contribution in [0.1, 0.15) is 23.6 Å². The van der Waals surface area contributed by atoms with E-state index in [1.165, 1.54) is 6.20 Å². The zero-order valence-corrected chi connectivity index (χ0v) is 18.2. The molecule has 1 atom stereocenters. The van der Waals surface area contributed by atoms with E-state index in [-0.39, 0.29) is 24.1 Å². The van der Waals surface area contributed by atoms with E-state index in [2.05, 4.69) is 15.0 Å². The summed E-state index contributed by atoms with van der Waals surface area (Å²) in [5.41, 5.74) is 6.39. The lowest BCUT2D eigenvalue weighted by molar-refractivity contribution is -0.137. The quantitative estimate of drug-likeness (QED) is 0.576. The molecule has 3 N–H and O–H groups in total. The Balaban J connectivity index is 1.66. The summed E-state index contributed by atoms with van der Waals surface area (Å²) in [4.78, 5) is 26.8. The van der Waals surface area contributed by atoms with Gasteiger partial charge in [0.1, 0.15) is 5.75 Å². The van der Waals surface area contributed by atoms with Gasteiger partial charge in [0.25, 0.3) is 0 Å². The van der Waals surface area contributed by atoms with Crippen LogP contribution in [0.2, 0.25) is 0 Å². The van der Waals surface area contributed by atoms with E-state index in [0.717, 1.165) is 27.6 Å². The van der Waals surface area contributed by atoms with E-state index >= 15 is 0 Å². The van der Waals surface area contributed by atoms with Gasteiger partial charge in [-0.3, -0.25) is 14.8 Å². The summed E-state index contributed by atoms with van der Waals surface area (Å²) in [5.74, 6) is 0.788. The van der Waals surface area contributed by atoms with Gasteiger partial charge in [-0.2, -0.15) is 18.2 Å². The molecule has 0 radical (unpaired) electrons. The zero-order valence-electron chi connectivity index (χ0n) is 18.2. The largest absolute Gasteiger partial charge is 0.439 e. The van der Waals surface area contributed by atoms with Gasteiger partial charge in [0, 0.05) is 18.5 Å². The molecule has 1 saturated heterocycles. The van der Waals surface area contributed by atoms with Crippen molar-refractivity contribution in [3.05, 3.63) is 59.5 Å². The molecule has 1 fully saturated rings. The van der Waals surface area contributed by atoms with Gasteiger partial charge in [-0.25, -0.2) is 9.78 Å². The number of β-amino-alcohol motifs (C(OH)–C–C–N with tert-alkyl or cyclic N) is 1. The minimum atomic E-state index is -4.61. The number of aliphatic hydroxyl groups is 1. The van der Waals surface area contributed by atoms with E-state index in [0.29, 0.717) is 29.6 Å². The second kappa shape index (κ2) is 8.78. The molecule has 0 aliphatic carbocycles. The number of urea groups is 1. The van der Waals surface area contributed by atoms with Gasteiger partial charge in [0.15, 0.2) is 6.23 Å². The first-order valence-electron chi connectivity index (χ1n) is 10.3. The minimum Gasteiger partial charge on any atom is -0.439 e. The molecular weight excluding hydrogens is 453 g/mol. The van der Waals surface area contributed by atoms with Crippen LogP contribution in [0, 0.1) is 6.92 Å². The van der Waals surface area contributed by atoms with Gasteiger partial charge in [-0.15, -0.1) is 0 Å². The fourth-order valence-electron chi connectivity index (χ4n) is 3.83. The molecule has 2 aromatic heterocycles. The van der Waals surface area contributed by atoms with Gasteiger partial charge < -0.3 is 15.6 Å². The average Bonchev–Trinajstić information content (AvgIpc) is 3.08. The van der Waals surface area contributed by atoms with Gasteiger partial charge in [-0.1, -0.05) is 6.92 Å². The number of halogens is 3. The molecule has 1 unspecified atom stereocenters. The highest BCUT2D eigenvalue weighted by molar-refractivity contribution is 6.07. The van der Waals surface area contributed by atoms with Crippen molar-refractivity contribution < 1.29 is 27.8 Å². The number of aliphatic hydroxyl groups excluding tert-OH is 1. The third-order valence-electron chi connectivity index (χ3n) is 5.45. The second-order valence-electron chi connectivity index (χ2n) is 7.57. The lowest BCUT2D eigenvalue weighted by Gasteiger charge is -2.24. The van der Waals surface area contributed by atoms with Crippen molar-refractivity contribution in [2.75, 3.05) is 22.1 Å². The van der Waals surface area contributed by atoms with Crippen molar-refractivity contribution in [1.29, 1.82) is 0 Å². The molecule has 2 amide bonds. The molecule has 178 valence electrons. The number of amides is 2. The Hall–Kier alpha value is -3.93. The number of aromatic nitrogens is 3. The Morgan fingerprint density at radius 1 is 1.26 bits per heavy atom. The highest BCUT2D eigenvalue weighted by Gasteiger charge is 2.40. The Kier molecular flexibility index (Phi) is 6.00. The maximum absolute atomic E-state index is 13.2. The monoisotopic (exact) mass is 474 g/mol. The normalized spacial score (nSPS) is 16.3. The minimum absolute atomic E-state index is 0.0545. The van der Waals surface area contributed by atoms with Crippen LogP contribution in [-0.2, 0) is 12.6 Å². The van der Waals surface area contributed by atoms with Gasteiger partial charge in [0.2, 0.25) is 11.8 Å². The maximum Gasteiger partial charge on any atom is 0.417 e. The predicted octanol–water partition coefficient (Wildman–Crippen LogP) is 3.90. The number of benzene rings is 1. The van der Waals surface area contributed by atoms with Gasteiger partial charge >= 0.3 is 12.2 Å². The molecule has 0 bridgehead atoms. The first kappa shape index (κ1) is 23.2. The fraction of sp³-hybridized carbons (Fsp3) is 0.273. The Morgan fingerprint density at radius 2 is 2.03 bits per heavy atom. The number of hydrogen-bond donors (Lipinski definition) is 2. The van der Waals surface area contributed by atoms with Crippen LogP contribution in [0.5, 0.6) is 11.6 Å². The first-order chi connectivity index (χ1) is 16.1. The second-order valence-corrected chi connectivity index (χ2v) is 7.57. The van der Waals surface area contributed by atoms with Crippen molar-refractivity contribution in [2.45, 2.75) is 32.7 Å². The summed E-state index contributed by atoms with van der Waals surface area (Å²) in [7, 11) is 0. The molecule has 1 aliphatic rings. The lowest BCUT2D eigenvalue weighted by Crippen LogP contribution is -2.35. The number of ether oxygens (including phenoxy) is 1. The number of nitrogens with zero attached hydrogens (tertiary/aromatic N) is 5. The van der Waals surface area contributed by atoms with Crippen LogP contribution in [-0.4, -0.2) is 38.9 Å². The summed E-state index contributed by atoms with van der Waals surface area (Å²) >= 11 is 0. The highest BCUT2D eigenvalue weighted by Crippen LogP contribution is 2.37. The van der Waals surface area contributed by atoms with Crippen LogP contribution < -0.4 is 20.3 Å². The molecule has 0 spiro atoms. The predicted molar refractivity (Wildman–Crippen MR) is 118 cm³/mol. The summed E-state index contributed by atoms with van der Waals surface area (Å²) in [6, 6.07) is 4.94. The van der Waals surface area contributed by atoms with Crippen LogP contribution >= 0.6 is 0 Å². The van der Waals surface area contributed by atoms with Crippen molar-refractivity contribution in [1.82, 2.24) is 15.0 Å². The molecule has 4 rings (SSSR count). The number of carbonyl (C=O) groups excluding carboxylic acids is 1. The van der Waals surface area contributed by atoms with Crippen LogP contribution in [0.4, 0.5) is 35.3 Å². The number of nitrogens with two attached hydrogens (primary N) is 1. The SMILES string of the molecule is CCc1c(Oc2ccnc(N)n2)ccc(N2C(=O)N(c3cncc(C(F)(F)F)c3)CC2O)c1C. The van der Waals surface area contributed by atoms with Crippen molar-refractivity contribution in [3.63, 3.8) is 0 Å². The molecule has 34 heavy (non-hydrogen) atoms. The van der Waals surface area contributed by atoms with E-state index in [1.54, 1.807) is 25.1 Å². The number of carbonyl (C=O) groups is 1. The number of pyridine rings is 1. The number of nitrogen functional groups attached to an aromatic ring is 1. The summed E-state index contributed by atoms with van der Waals surface area (Å²) in [6.45, 7) is 3.45. The van der Waals surface area contributed by atoms with Crippen molar-refractivity contribution in [3.8, 4) is 11.6 Å². The van der Waals surface area contributed by atoms with Crippen LogP contribution in [0.15, 0.2) is 42.9 Å². The summed E-state index contributed by atoms with van der Waals surface area (Å²) < 4.78 is 45.1. The summed E-state index contributed by atoms with van der Waals surface area (Å²) in [6.07, 6.45) is -2.06. The number of anilines is 3. The molecule has 0 saturated carbocycles. The smallest absolute Gasteiger partial charge is 0.417 e. The lowest BCUT2D eigenvalue weighted by atomic mass is 10.0. The first-order valence-corrected chi connectivity index (χ1v) is 10.3. The number of hydrogen-bond acceptors (Lipinski definition) is 7. The van der Waals surface area contributed by atoms with Crippen LogP contribution in [0.25, 0.3) is 0 Å². The average molecular weight is 474 g/mol. The molecule has 9 nitrogen and oxygen atoms in total. The van der Waals surface area contributed by atoms with Crippen LogP contribution in [0.3, 0.4) is 0 Å². The van der Waals surface area contributed by atoms with E-state index in [9.17, 15) is 23.1 Å². The van der Waals surface area contributed by atoms with Crippen molar-refractivity contribution >= 4 is 23.4 Å². The molecule has 3 heterocycles. The maximum atomic E-state index is 13.2. The molecule has 3 aromatic rings. The zero-order chi connectivity index (χ0) is 24.6. The molecule has 1 aromatic carbocycles. The van der Waals surface area contributed by atoms with E-state index < -0.39 is 24.0 Å². The van der Waals surface area contributed by atoms with E-state index in [1.807, 2.05) is 6.92 Å². The molecular formula is C22H21F3N6O3. The Bertz CT molecular complexity index is 1240. The third kappa shape index (κ3) is 4.31. The molecule has 1 aliphatic heterocycles. The summed E-state index contributed by atoms with van der Waals surface area (Å²) in [5, 5.41) is 10.7. The standard InChI is InChI=1S/C22H21F3N6O3/c1-3-15-12(2)16(4-5-17(15)34-18-6-7-28-20(26)29-18)31-19(32)11-30(21(31)33)14-8-13(9-27-10-14)22(23,24)25/h4-10,19,32H,3,11H2,1-2H3,(H2,26,28,29). The topological polar surface area (TPSA) is 118 Å².